The molecule has 8 rings (SSSR count). The third kappa shape index (κ3) is 14.9. The van der Waals surface area contributed by atoms with Gasteiger partial charge in [-0.1, -0.05) is 94.4 Å². The van der Waals surface area contributed by atoms with Crippen LogP contribution in [0.5, 0.6) is 5.75 Å². The minimum atomic E-state index is -1.18. The number of aliphatic hydroxyl groups excluding tert-OH is 1. The third-order valence-corrected chi connectivity index (χ3v) is 16.1. The van der Waals surface area contributed by atoms with E-state index < -0.39 is 11.7 Å². The van der Waals surface area contributed by atoms with Crippen LogP contribution in [0.4, 0.5) is 0 Å². The Labute approximate surface area is 441 Å². The lowest BCUT2D eigenvalue weighted by atomic mass is 9.84. The van der Waals surface area contributed by atoms with Crippen molar-refractivity contribution in [2.24, 2.45) is 5.92 Å². The van der Waals surface area contributed by atoms with Crippen molar-refractivity contribution in [1.82, 2.24) is 19.6 Å². The Morgan fingerprint density at radius 1 is 0.606 bits per heavy atom. The predicted molar refractivity (Wildman–Crippen MR) is 283 cm³/mol. The van der Waals surface area contributed by atoms with Crippen molar-refractivity contribution in [2.75, 3.05) is 66.0 Å². The number of β-amino-alcohol motifs (C(OH)–C–C–N with tert-alkyl or cyclic N) is 1. The second kappa shape index (κ2) is 25.5. The number of benzene rings is 4. The average molecular weight is 1070 g/mol. The molecule has 1 atom stereocenters. The molecular weight excluding hydrogens is 1010 g/mol. The van der Waals surface area contributed by atoms with Crippen LogP contribution in [-0.2, 0) is 19.2 Å². The van der Waals surface area contributed by atoms with Gasteiger partial charge in [0.1, 0.15) is 5.75 Å². The third-order valence-electron chi connectivity index (χ3n) is 14.4. The molecule has 378 valence electrons. The van der Waals surface area contributed by atoms with Gasteiger partial charge in [-0.15, -0.1) is 0 Å². The van der Waals surface area contributed by atoms with Gasteiger partial charge in [-0.3, -0.25) is 19.2 Å². The van der Waals surface area contributed by atoms with E-state index in [2.05, 4.69) is 17.0 Å². The van der Waals surface area contributed by atoms with Gasteiger partial charge in [0.25, 0.3) is 5.91 Å². The zero-order chi connectivity index (χ0) is 50.7. The zero-order valence-corrected chi connectivity index (χ0v) is 43.6. The van der Waals surface area contributed by atoms with Gasteiger partial charge >= 0.3 is 0 Å². The molecule has 4 fully saturated rings. The number of ether oxygens (including phenoxy) is 1. The monoisotopic (exact) mass is 1060 g/mol. The van der Waals surface area contributed by atoms with Crippen LogP contribution in [0, 0.1) is 5.92 Å². The van der Waals surface area contributed by atoms with E-state index in [0.717, 1.165) is 55.6 Å². The number of amides is 3. The predicted octanol–water partition coefficient (Wildman–Crippen LogP) is 10.5. The van der Waals surface area contributed by atoms with Crippen LogP contribution in [0.15, 0.2) is 97.1 Å². The lowest BCUT2D eigenvalue weighted by Crippen LogP contribution is -2.56. The standard InChI is InChI=1S/C28H34Cl2N2O4.C27H27Cl3N2O3/c1-36-23-6-4-21(5-7-23)22-10-14-31(15-11-22)19-26(33)28(35)12-16-32(17-13-28)27(34)9-3-20-2-8-24(29)25(30)18-20;28-22-5-3-19(4-6-22)20-9-15-32(16-10-20)27(35)26(34)21-11-13-31(14-12-21)25(33)8-2-18-1-7-23(29)24(30)17-18/h2-9,18,22,26,33,35H,10-17,19H2,1H3;1-8,17,20-21H,9-16H2/b9-3+;8-2+. The summed E-state index contributed by atoms with van der Waals surface area (Å²) in [7, 11) is 1.67. The van der Waals surface area contributed by atoms with Crippen molar-refractivity contribution in [1.29, 1.82) is 0 Å². The molecule has 2 N–H and O–H groups in total. The zero-order valence-electron chi connectivity index (χ0n) is 39.8. The number of hydrogen-bond acceptors (Lipinski definition) is 8. The van der Waals surface area contributed by atoms with Gasteiger partial charge in [0.15, 0.2) is 0 Å². The molecule has 4 heterocycles. The Hall–Kier alpha value is -4.43. The second-order valence-electron chi connectivity index (χ2n) is 18.9. The summed E-state index contributed by atoms with van der Waals surface area (Å²) in [5.74, 6) is 0.437. The number of likely N-dealkylation sites (tertiary alicyclic amines) is 4. The maximum atomic E-state index is 12.9. The number of ketones is 1. The van der Waals surface area contributed by atoms with Crippen molar-refractivity contribution in [3.8, 4) is 5.75 Å². The van der Waals surface area contributed by atoms with E-state index >= 15 is 0 Å². The summed E-state index contributed by atoms with van der Waals surface area (Å²) in [5.41, 5.74) is 2.93. The molecule has 71 heavy (non-hydrogen) atoms. The molecule has 4 aliphatic heterocycles. The lowest BCUT2D eigenvalue weighted by Gasteiger charge is -2.43. The summed E-state index contributed by atoms with van der Waals surface area (Å²) >= 11 is 29.9. The Bertz CT molecular complexity index is 2530. The molecule has 0 aliphatic carbocycles. The van der Waals surface area contributed by atoms with Crippen molar-refractivity contribution < 1.29 is 34.1 Å². The highest BCUT2D eigenvalue weighted by molar-refractivity contribution is 6.42. The molecule has 0 aromatic heterocycles. The molecule has 0 bridgehead atoms. The van der Waals surface area contributed by atoms with E-state index in [0.29, 0.717) is 108 Å². The van der Waals surface area contributed by atoms with Crippen LogP contribution in [0.3, 0.4) is 0 Å². The first-order chi connectivity index (χ1) is 34.1. The molecule has 4 aromatic rings. The van der Waals surface area contributed by atoms with E-state index in [-0.39, 0.29) is 29.4 Å². The van der Waals surface area contributed by atoms with Crippen LogP contribution >= 0.6 is 58.0 Å². The Morgan fingerprint density at radius 3 is 1.54 bits per heavy atom. The number of rotatable bonds is 12. The van der Waals surface area contributed by atoms with E-state index in [4.69, 9.17) is 62.7 Å². The molecule has 3 amide bonds. The summed E-state index contributed by atoms with van der Waals surface area (Å²) in [6.07, 6.45) is 11.0. The van der Waals surface area contributed by atoms with Gasteiger partial charge in [0.2, 0.25) is 17.6 Å². The fourth-order valence-corrected chi connectivity index (χ4v) is 10.5. The van der Waals surface area contributed by atoms with Crippen LogP contribution < -0.4 is 4.74 Å². The number of carbonyl (C=O) groups is 4. The molecule has 11 nitrogen and oxygen atoms in total. The SMILES string of the molecule is COc1ccc(C2CCN(CC(O)C3(O)CCN(C(=O)/C=C/c4ccc(Cl)c(Cl)c4)CC3)CC2)cc1.O=C(C(=O)N1CCC(c2ccc(Cl)cc2)CC1)C1CCN(C(=O)/C=C/c2ccc(Cl)c(Cl)c2)CC1. The summed E-state index contributed by atoms with van der Waals surface area (Å²) < 4.78 is 5.25. The lowest BCUT2D eigenvalue weighted by molar-refractivity contribution is -0.148. The van der Waals surface area contributed by atoms with Crippen LogP contribution in [0.25, 0.3) is 12.2 Å². The molecule has 4 saturated heterocycles. The Balaban J connectivity index is 0.000000209. The fraction of sp³-hybridized carbons (Fsp3) is 0.418. The quantitative estimate of drug-likeness (QED) is 0.106. The van der Waals surface area contributed by atoms with Gasteiger partial charge in [-0.25, -0.2) is 0 Å². The average Bonchev–Trinajstić information content (AvgIpc) is 3.39. The fourth-order valence-electron chi connectivity index (χ4n) is 9.81. The van der Waals surface area contributed by atoms with Crippen molar-refractivity contribution >= 4 is 93.7 Å². The van der Waals surface area contributed by atoms with Crippen molar-refractivity contribution in [3.63, 3.8) is 0 Å². The van der Waals surface area contributed by atoms with Gasteiger partial charge in [0, 0.05) is 68.9 Å². The van der Waals surface area contributed by atoms with Crippen LogP contribution in [0.2, 0.25) is 25.1 Å². The normalized spacial score (nSPS) is 18.8. The maximum absolute atomic E-state index is 12.9. The highest BCUT2D eigenvalue weighted by Gasteiger charge is 2.41. The van der Waals surface area contributed by atoms with E-state index in [1.54, 1.807) is 70.4 Å². The number of piperidine rings is 4. The minimum Gasteiger partial charge on any atom is -0.497 e. The summed E-state index contributed by atoms with van der Waals surface area (Å²) in [6, 6.07) is 26.5. The topological polar surface area (TPSA) is 131 Å². The molecule has 0 saturated carbocycles. The maximum Gasteiger partial charge on any atom is 0.290 e. The molecule has 0 radical (unpaired) electrons. The first-order valence-electron chi connectivity index (χ1n) is 24.3. The van der Waals surface area contributed by atoms with Crippen LogP contribution in [-0.4, -0.2) is 131 Å². The number of carbonyl (C=O) groups excluding carboxylic acids is 4. The largest absolute Gasteiger partial charge is 0.497 e. The number of nitrogens with zero attached hydrogens (tertiary/aromatic N) is 4. The summed E-state index contributed by atoms with van der Waals surface area (Å²) in [4.78, 5) is 58.3. The number of hydrogen-bond donors (Lipinski definition) is 2. The summed E-state index contributed by atoms with van der Waals surface area (Å²) in [5, 5.41) is 24.6. The molecule has 4 aromatic carbocycles. The van der Waals surface area contributed by atoms with Crippen molar-refractivity contribution in [3.05, 3.63) is 144 Å². The minimum absolute atomic E-state index is 0.127. The van der Waals surface area contributed by atoms with Crippen molar-refractivity contribution in [2.45, 2.75) is 74.9 Å². The second-order valence-corrected chi connectivity index (χ2v) is 21.0. The first kappa shape index (κ1) is 54.3. The highest BCUT2D eigenvalue weighted by atomic mass is 35.5. The van der Waals surface area contributed by atoms with Gasteiger partial charge in [0.05, 0.1) is 38.9 Å². The Morgan fingerprint density at radius 2 is 1.06 bits per heavy atom. The highest BCUT2D eigenvalue weighted by Crippen LogP contribution is 2.33. The number of methoxy groups -OCH3 is 1. The molecule has 1 unspecified atom stereocenters. The molecule has 4 aliphatic rings. The molecule has 16 heteroatoms. The van der Waals surface area contributed by atoms with E-state index in [9.17, 15) is 29.4 Å². The molecular formula is C55H61Cl5N4O7. The van der Waals surface area contributed by atoms with Gasteiger partial charge in [-0.05, 0) is 159 Å². The number of aliphatic hydroxyl groups is 2. The number of halogens is 5. The smallest absolute Gasteiger partial charge is 0.290 e. The van der Waals surface area contributed by atoms with E-state index in [1.165, 1.54) is 23.3 Å². The van der Waals surface area contributed by atoms with Gasteiger partial charge in [-0.2, -0.15) is 0 Å². The summed E-state index contributed by atoms with van der Waals surface area (Å²) in [6.45, 7) is 5.07. The van der Waals surface area contributed by atoms with Gasteiger partial charge < -0.3 is 34.5 Å². The molecule has 0 spiro atoms. The number of Topliss-reactive ketones (excluding diaryl/α,β-unsaturated/α-hetero) is 1. The first-order valence-corrected chi connectivity index (χ1v) is 26.2. The van der Waals surface area contributed by atoms with Crippen LogP contribution in [0.1, 0.15) is 85.5 Å². The van der Waals surface area contributed by atoms with E-state index in [1.807, 2.05) is 36.4 Å². The Kier molecular flexibility index (Phi) is 19.5.